The van der Waals surface area contributed by atoms with Crippen LogP contribution in [0.25, 0.3) is 0 Å². The summed E-state index contributed by atoms with van der Waals surface area (Å²) in [6, 6.07) is 13.5. The van der Waals surface area contributed by atoms with Crippen molar-refractivity contribution in [2.45, 2.75) is 32.3 Å². The lowest BCUT2D eigenvalue weighted by Gasteiger charge is -2.36. The van der Waals surface area contributed by atoms with E-state index in [-0.39, 0.29) is 12.1 Å². The van der Waals surface area contributed by atoms with Crippen LogP contribution in [0, 0.1) is 0 Å². The number of ether oxygens (including phenoxy) is 3. The zero-order valence-electron chi connectivity index (χ0n) is 24.8. The highest BCUT2D eigenvalue weighted by Gasteiger charge is 2.45. The van der Waals surface area contributed by atoms with E-state index >= 15 is 0 Å². The number of hydrogen-bond acceptors (Lipinski definition) is 7. The third-order valence-electron chi connectivity index (χ3n) is 7.92. The Morgan fingerprint density at radius 3 is 2.56 bits per heavy atom. The van der Waals surface area contributed by atoms with Gasteiger partial charge in [-0.3, -0.25) is 4.90 Å². The van der Waals surface area contributed by atoms with E-state index in [1.165, 1.54) is 5.69 Å². The first kappa shape index (κ1) is 31.4. The van der Waals surface area contributed by atoms with Gasteiger partial charge < -0.3 is 33.9 Å². The quantitative estimate of drug-likeness (QED) is 0.310. The van der Waals surface area contributed by atoms with Crippen molar-refractivity contribution in [2.24, 2.45) is 0 Å². The Bertz CT molecular complexity index is 1320. The van der Waals surface area contributed by atoms with Crippen LogP contribution in [-0.2, 0) is 21.8 Å². The highest BCUT2D eigenvalue weighted by atomic mass is 35.5. The second-order valence-electron chi connectivity index (χ2n) is 10.7. The molecule has 5 rings (SSSR count). The molecule has 0 spiro atoms. The molecule has 2 aliphatic rings. The number of urea groups is 1. The second-order valence-corrected chi connectivity index (χ2v) is 11.5. The van der Waals surface area contributed by atoms with Crippen LogP contribution >= 0.6 is 23.2 Å². The summed E-state index contributed by atoms with van der Waals surface area (Å²) < 4.78 is 20.8. The number of nitrogens with zero attached hydrogens (tertiary/aromatic N) is 5. The van der Waals surface area contributed by atoms with Crippen LogP contribution in [0.5, 0.6) is 5.75 Å². The number of anilines is 1. The molecule has 0 unspecified atom stereocenters. The van der Waals surface area contributed by atoms with Crippen molar-refractivity contribution in [3.63, 3.8) is 0 Å². The molecule has 232 valence electrons. The van der Waals surface area contributed by atoms with Crippen molar-refractivity contribution in [2.75, 3.05) is 70.5 Å². The van der Waals surface area contributed by atoms with Crippen LogP contribution in [0.1, 0.15) is 19.4 Å². The fraction of sp³-hybridized carbons (Fsp3) is 0.484. The summed E-state index contributed by atoms with van der Waals surface area (Å²) >= 11 is 12.7. The van der Waals surface area contributed by atoms with Crippen molar-refractivity contribution >= 4 is 34.9 Å². The van der Waals surface area contributed by atoms with Crippen LogP contribution in [0.3, 0.4) is 0 Å². The Balaban J connectivity index is 1.10. The van der Waals surface area contributed by atoms with E-state index in [1.807, 2.05) is 42.8 Å². The van der Waals surface area contributed by atoms with Gasteiger partial charge in [0.15, 0.2) is 0 Å². The van der Waals surface area contributed by atoms with E-state index in [4.69, 9.17) is 37.4 Å². The van der Waals surface area contributed by atoms with E-state index in [0.29, 0.717) is 41.9 Å². The van der Waals surface area contributed by atoms with Crippen molar-refractivity contribution in [3.05, 3.63) is 76.8 Å². The smallest absolute Gasteiger partial charge is 0.317 e. The molecule has 2 aliphatic heterocycles. The van der Waals surface area contributed by atoms with Gasteiger partial charge >= 0.3 is 6.03 Å². The lowest BCUT2D eigenvalue weighted by molar-refractivity contribution is -0.189. The van der Waals surface area contributed by atoms with E-state index in [2.05, 4.69) is 32.2 Å². The number of carbonyl (C=O) groups excluding carboxylic acids is 1. The molecule has 3 heterocycles. The molecule has 2 atom stereocenters. The summed E-state index contributed by atoms with van der Waals surface area (Å²) in [5.41, 5.74) is 1.88. The van der Waals surface area contributed by atoms with Crippen LogP contribution in [0.15, 0.2) is 61.2 Å². The topological polar surface area (TPSA) is 84.3 Å². The molecule has 0 saturated carbocycles. The Morgan fingerprint density at radius 1 is 1.12 bits per heavy atom. The molecule has 1 aromatic heterocycles. The third kappa shape index (κ3) is 7.93. The minimum Gasteiger partial charge on any atom is -0.491 e. The Morgan fingerprint density at radius 2 is 1.88 bits per heavy atom. The molecular formula is C31H40Cl2N6O4. The van der Waals surface area contributed by atoms with Gasteiger partial charge in [-0.1, -0.05) is 29.3 Å². The molecule has 3 aromatic rings. The summed E-state index contributed by atoms with van der Waals surface area (Å²) in [6.45, 7) is 11.8. The summed E-state index contributed by atoms with van der Waals surface area (Å²) in [5, 5.41) is 4.05. The molecule has 2 aromatic carbocycles. The number of nitrogens with one attached hydrogen (secondary N) is 1. The Kier molecular flexibility index (Phi) is 10.7. The number of benzene rings is 2. The molecule has 2 saturated heterocycles. The summed E-state index contributed by atoms with van der Waals surface area (Å²) in [4.78, 5) is 22.9. The van der Waals surface area contributed by atoms with Gasteiger partial charge in [0.25, 0.3) is 0 Å². The average Bonchev–Trinajstić information content (AvgIpc) is 3.68. The number of amides is 2. The summed E-state index contributed by atoms with van der Waals surface area (Å²) in [7, 11) is 0. The first-order chi connectivity index (χ1) is 20.9. The van der Waals surface area contributed by atoms with Gasteiger partial charge in [-0.25, -0.2) is 9.78 Å². The van der Waals surface area contributed by atoms with Crippen LogP contribution in [0.2, 0.25) is 10.0 Å². The normalized spacial score (nSPS) is 20.7. The number of piperazine rings is 1. The van der Waals surface area contributed by atoms with E-state index in [9.17, 15) is 4.79 Å². The zero-order chi connectivity index (χ0) is 30.2. The fourth-order valence-corrected chi connectivity index (χ4v) is 6.04. The van der Waals surface area contributed by atoms with E-state index < -0.39 is 5.79 Å². The SMILES string of the molecule is CCN(CC)C(=O)NCCN1CCN(c2ccc(OC[C@@H]3CO[C@@](Cn4ccnc4)(c4ccc(Cl)cc4Cl)O3)cc2)CC1. The monoisotopic (exact) mass is 630 g/mol. The molecular weight excluding hydrogens is 591 g/mol. The molecule has 2 fully saturated rings. The van der Waals surface area contributed by atoms with Gasteiger partial charge in [0, 0.05) is 81.0 Å². The number of hydrogen-bond donors (Lipinski definition) is 1. The molecule has 1 N–H and O–H groups in total. The van der Waals surface area contributed by atoms with Crippen LogP contribution < -0.4 is 15.0 Å². The molecule has 0 radical (unpaired) electrons. The lowest BCUT2D eigenvalue weighted by atomic mass is 10.1. The van der Waals surface area contributed by atoms with Gasteiger partial charge in [0.1, 0.15) is 18.5 Å². The molecule has 0 bridgehead atoms. The maximum Gasteiger partial charge on any atom is 0.317 e. The largest absolute Gasteiger partial charge is 0.491 e. The average molecular weight is 632 g/mol. The van der Waals surface area contributed by atoms with Gasteiger partial charge in [-0.05, 0) is 50.2 Å². The van der Waals surface area contributed by atoms with Gasteiger partial charge in [-0.15, -0.1) is 0 Å². The molecule has 12 heteroatoms. The van der Waals surface area contributed by atoms with Crippen LogP contribution in [0.4, 0.5) is 10.5 Å². The minimum atomic E-state index is -1.08. The summed E-state index contributed by atoms with van der Waals surface area (Å²) in [6.07, 6.45) is 5.00. The minimum absolute atomic E-state index is 0.0118. The third-order valence-corrected chi connectivity index (χ3v) is 8.46. The Hall–Kier alpha value is -3.02. The second kappa shape index (κ2) is 14.6. The van der Waals surface area contributed by atoms with E-state index in [1.54, 1.807) is 29.6 Å². The fourth-order valence-electron chi connectivity index (χ4n) is 5.49. The van der Waals surface area contributed by atoms with Gasteiger partial charge in [-0.2, -0.15) is 0 Å². The van der Waals surface area contributed by atoms with Crippen molar-refractivity contribution in [1.29, 1.82) is 0 Å². The van der Waals surface area contributed by atoms with Crippen molar-refractivity contribution in [3.8, 4) is 5.75 Å². The standard InChI is InChI=1S/C31H40Cl2N6O4/c1-3-38(4-2)30(40)35-12-14-36-15-17-39(18-16-36)25-6-8-26(9-7-25)41-20-27-21-42-31(43-27,22-37-13-11-34-23-37)28-10-5-24(32)19-29(28)33/h5-11,13,19,23,27H,3-4,12,14-18,20-22H2,1-2H3,(H,35,40)/t27-,31-/m1/s1. The maximum atomic E-state index is 12.2. The van der Waals surface area contributed by atoms with Crippen LogP contribution in [-0.4, -0.2) is 97.1 Å². The molecule has 2 amide bonds. The lowest BCUT2D eigenvalue weighted by Crippen LogP contribution is -2.49. The maximum absolute atomic E-state index is 12.2. The number of aromatic nitrogens is 2. The number of imidazole rings is 1. The molecule has 10 nitrogen and oxygen atoms in total. The predicted octanol–water partition coefficient (Wildman–Crippen LogP) is 4.71. The highest BCUT2D eigenvalue weighted by molar-refractivity contribution is 6.35. The van der Waals surface area contributed by atoms with Gasteiger partial charge in [0.05, 0.1) is 24.5 Å². The zero-order valence-corrected chi connectivity index (χ0v) is 26.3. The number of rotatable bonds is 12. The molecule has 43 heavy (non-hydrogen) atoms. The predicted molar refractivity (Wildman–Crippen MR) is 168 cm³/mol. The number of halogens is 2. The summed E-state index contributed by atoms with van der Waals surface area (Å²) in [5.74, 6) is -0.314. The van der Waals surface area contributed by atoms with Gasteiger partial charge in [0.2, 0.25) is 5.79 Å². The van der Waals surface area contributed by atoms with E-state index in [0.717, 1.165) is 51.6 Å². The van der Waals surface area contributed by atoms with Crippen molar-refractivity contribution < 1.29 is 19.0 Å². The highest BCUT2D eigenvalue weighted by Crippen LogP contribution is 2.40. The van der Waals surface area contributed by atoms with Crippen molar-refractivity contribution in [1.82, 2.24) is 24.7 Å². The first-order valence-corrected chi connectivity index (χ1v) is 15.6. The number of carbonyl (C=O) groups is 1. The first-order valence-electron chi connectivity index (χ1n) is 14.8. The molecule has 0 aliphatic carbocycles. The Labute approximate surface area is 263 Å².